The average molecular weight is 234 g/mol. The first kappa shape index (κ1) is 15.0. The summed E-state index contributed by atoms with van der Waals surface area (Å²) in [6, 6.07) is 0. The van der Waals surface area contributed by atoms with E-state index in [2.05, 4.69) is 0 Å². The largest absolute Gasteiger partial charge is 0.390 e. The molecule has 4 heteroatoms. The van der Waals surface area contributed by atoms with Crippen LogP contribution in [0.5, 0.6) is 0 Å². The third kappa shape index (κ3) is 8.93. The summed E-state index contributed by atoms with van der Waals surface area (Å²) in [7, 11) is 0. The number of aliphatic hydroxyl groups excluding tert-OH is 1. The molecule has 0 aromatic carbocycles. The average Bonchev–Trinajstić information content (AvgIpc) is 2.13. The van der Waals surface area contributed by atoms with Crippen molar-refractivity contribution in [3.63, 3.8) is 0 Å². The van der Waals surface area contributed by atoms with E-state index >= 15 is 0 Å². The van der Waals surface area contributed by atoms with E-state index in [0.29, 0.717) is 19.4 Å². The van der Waals surface area contributed by atoms with E-state index in [4.69, 9.17) is 4.18 Å². The van der Waals surface area contributed by atoms with Crippen LogP contribution in [-0.2, 0) is 4.18 Å². The molecule has 0 rings (SSSR count). The fourth-order valence-electron chi connectivity index (χ4n) is 1.09. The minimum absolute atomic E-state index is 0.484. The first-order valence-electron chi connectivity index (χ1n) is 5.09. The minimum Gasteiger partial charge on any atom is -0.390 e. The van der Waals surface area contributed by atoms with Crippen LogP contribution >= 0.6 is 12.0 Å². The van der Waals surface area contributed by atoms with Gasteiger partial charge in [0.1, 0.15) is 0 Å². The van der Waals surface area contributed by atoms with Crippen molar-refractivity contribution in [2.24, 2.45) is 0 Å². The van der Waals surface area contributed by atoms with Gasteiger partial charge in [-0.25, -0.2) is 0 Å². The summed E-state index contributed by atoms with van der Waals surface area (Å²) in [5.74, 6) is 0. The lowest BCUT2D eigenvalue weighted by Gasteiger charge is -2.19. The van der Waals surface area contributed by atoms with Gasteiger partial charge in [-0.1, -0.05) is 6.08 Å². The van der Waals surface area contributed by atoms with E-state index < -0.39 is 11.7 Å². The Bertz CT molecular complexity index is 196. The second kappa shape index (κ2) is 7.28. The van der Waals surface area contributed by atoms with Gasteiger partial charge in [0, 0.05) is 6.26 Å². The van der Waals surface area contributed by atoms with Crippen molar-refractivity contribution in [1.29, 1.82) is 0 Å². The molecule has 0 saturated carbocycles. The molecule has 0 heterocycles. The van der Waals surface area contributed by atoms with Crippen LogP contribution in [0.25, 0.3) is 0 Å². The van der Waals surface area contributed by atoms with Gasteiger partial charge in [-0.15, -0.1) is 0 Å². The number of aliphatic hydroxyl groups is 2. The van der Waals surface area contributed by atoms with Crippen LogP contribution in [0.2, 0.25) is 0 Å². The van der Waals surface area contributed by atoms with E-state index in [1.54, 1.807) is 13.8 Å². The molecular weight excluding hydrogens is 212 g/mol. The highest BCUT2D eigenvalue weighted by atomic mass is 32.2. The maximum Gasteiger partial charge on any atom is 0.0798 e. The van der Waals surface area contributed by atoms with Crippen LogP contribution in [0.4, 0.5) is 0 Å². The second-order valence-electron chi connectivity index (χ2n) is 4.27. The van der Waals surface area contributed by atoms with Crippen LogP contribution in [0, 0.1) is 0 Å². The van der Waals surface area contributed by atoms with Crippen molar-refractivity contribution in [3.8, 4) is 0 Å². The van der Waals surface area contributed by atoms with Gasteiger partial charge in [0.25, 0.3) is 0 Å². The van der Waals surface area contributed by atoms with E-state index in [1.165, 1.54) is 12.0 Å². The Labute approximate surface area is 96.7 Å². The SMILES string of the molecule is CSOCC=C(C)C(O)CCC(C)(C)O. The van der Waals surface area contributed by atoms with Crippen molar-refractivity contribution in [3.05, 3.63) is 11.6 Å². The van der Waals surface area contributed by atoms with Gasteiger partial charge in [0.2, 0.25) is 0 Å². The quantitative estimate of drug-likeness (QED) is 0.402. The molecule has 15 heavy (non-hydrogen) atoms. The second-order valence-corrected chi connectivity index (χ2v) is 4.84. The lowest BCUT2D eigenvalue weighted by atomic mass is 9.97. The molecule has 0 aliphatic heterocycles. The number of hydrogen-bond donors (Lipinski definition) is 2. The summed E-state index contributed by atoms with van der Waals surface area (Å²) in [6.07, 6.45) is 4.40. The normalized spacial score (nSPS) is 15.5. The fourth-order valence-corrected chi connectivity index (χ4v) is 1.29. The van der Waals surface area contributed by atoms with Crippen molar-refractivity contribution in [2.75, 3.05) is 12.9 Å². The minimum atomic E-state index is -0.711. The van der Waals surface area contributed by atoms with E-state index in [0.717, 1.165) is 5.57 Å². The third-order valence-corrected chi connectivity index (χ3v) is 2.52. The van der Waals surface area contributed by atoms with Crippen molar-refractivity contribution < 1.29 is 14.4 Å². The monoisotopic (exact) mass is 234 g/mol. The van der Waals surface area contributed by atoms with Crippen molar-refractivity contribution in [2.45, 2.75) is 45.3 Å². The van der Waals surface area contributed by atoms with Gasteiger partial charge in [-0.3, -0.25) is 0 Å². The van der Waals surface area contributed by atoms with Crippen LogP contribution in [-0.4, -0.2) is 34.8 Å². The van der Waals surface area contributed by atoms with Gasteiger partial charge in [0.15, 0.2) is 0 Å². The predicted octanol–water partition coefficient (Wildman–Crippen LogP) is 2.14. The molecule has 0 amide bonds. The summed E-state index contributed by atoms with van der Waals surface area (Å²) in [6.45, 7) is 5.87. The summed E-state index contributed by atoms with van der Waals surface area (Å²) in [4.78, 5) is 0. The molecule has 2 N–H and O–H groups in total. The molecule has 0 aromatic heterocycles. The topological polar surface area (TPSA) is 49.7 Å². The van der Waals surface area contributed by atoms with E-state index in [9.17, 15) is 10.2 Å². The molecule has 0 fully saturated rings. The van der Waals surface area contributed by atoms with E-state index in [-0.39, 0.29) is 0 Å². The lowest BCUT2D eigenvalue weighted by Crippen LogP contribution is -2.22. The van der Waals surface area contributed by atoms with Gasteiger partial charge in [-0.05, 0) is 51.2 Å². The van der Waals surface area contributed by atoms with Crippen LogP contribution < -0.4 is 0 Å². The Morgan fingerprint density at radius 1 is 1.53 bits per heavy atom. The van der Waals surface area contributed by atoms with Gasteiger partial charge in [0.05, 0.1) is 18.3 Å². The molecule has 1 unspecified atom stereocenters. The number of hydrogen-bond acceptors (Lipinski definition) is 4. The molecule has 90 valence electrons. The summed E-state index contributed by atoms with van der Waals surface area (Å²) < 4.78 is 5.08. The molecule has 0 bridgehead atoms. The standard InChI is InChI=1S/C11H22O3S/c1-9(6-8-14-15-4)10(12)5-7-11(2,3)13/h6,10,12-13H,5,7-8H2,1-4H3. The molecule has 0 aromatic rings. The summed E-state index contributed by atoms with van der Waals surface area (Å²) in [5, 5.41) is 19.2. The molecule has 0 saturated heterocycles. The molecule has 0 spiro atoms. The highest BCUT2D eigenvalue weighted by Gasteiger charge is 2.15. The maximum atomic E-state index is 9.74. The Kier molecular flexibility index (Phi) is 7.26. The zero-order chi connectivity index (χ0) is 11.9. The van der Waals surface area contributed by atoms with Crippen LogP contribution in [0.3, 0.4) is 0 Å². The predicted molar refractivity (Wildman–Crippen MR) is 64.8 cm³/mol. The van der Waals surface area contributed by atoms with Gasteiger partial charge < -0.3 is 14.4 Å². The third-order valence-electron chi connectivity index (χ3n) is 2.15. The molecule has 0 aliphatic carbocycles. The molecule has 3 nitrogen and oxygen atoms in total. The zero-order valence-electron chi connectivity index (χ0n) is 9.99. The Morgan fingerprint density at radius 3 is 2.60 bits per heavy atom. The highest BCUT2D eigenvalue weighted by molar-refractivity contribution is 7.93. The maximum absolute atomic E-state index is 9.74. The molecular formula is C11H22O3S. The first-order chi connectivity index (χ1) is 6.87. The lowest BCUT2D eigenvalue weighted by molar-refractivity contribution is 0.0543. The summed E-state index contributed by atoms with van der Waals surface area (Å²) >= 11 is 1.31. The Balaban J connectivity index is 3.88. The van der Waals surface area contributed by atoms with Gasteiger partial charge in [-0.2, -0.15) is 0 Å². The number of rotatable bonds is 7. The van der Waals surface area contributed by atoms with E-state index in [1.807, 2.05) is 19.3 Å². The Hall–Kier alpha value is -0.0300. The highest BCUT2D eigenvalue weighted by Crippen LogP contribution is 2.16. The Morgan fingerprint density at radius 2 is 2.13 bits per heavy atom. The van der Waals surface area contributed by atoms with Crippen molar-refractivity contribution >= 4 is 12.0 Å². The fraction of sp³-hybridized carbons (Fsp3) is 0.818. The molecule has 0 radical (unpaired) electrons. The zero-order valence-corrected chi connectivity index (χ0v) is 10.8. The molecule has 0 aliphatic rings. The van der Waals surface area contributed by atoms with Gasteiger partial charge >= 0.3 is 0 Å². The first-order valence-corrected chi connectivity index (χ1v) is 6.24. The van der Waals surface area contributed by atoms with Crippen LogP contribution in [0.1, 0.15) is 33.6 Å². The van der Waals surface area contributed by atoms with Crippen LogP contribution in [0.15, 0.2) is 11.6 Å². The molecule has 1 atom stereocenters. The summed E-state index contributed by atoms with van der Waals surface area (Å²) in [5.41, 5.74) is 0.185. The van der Waals surface area contributed by atoms with Crippen molar-refractivity contribution in [1.82, 2.24) is 0 Å². The smallest absolute Gasteiger partial charge is 0.0798 e.